The molecule has 1 saturated heterocycles. The van der Waals surface area contributed by atoms with E-state index < -0.39 is 5.97 Å². The molecule has 1 fully saturated rings. The fraction of sp³-hybridized carbons (Fsp3) is 0.367. The largest absolute Gasteiger partial charge is 0.508 e. The maximum absolute atomic E-state index is 11.0. The Labute approximate surface area is 211 Å². The van der Waals surface area contributed by atoms with Gasteiger partial charge in [0.15, 0.2) is 0 Å². The topological polar surface area (TPSA) is 85.2 Å². The fourth-order valence-electron chi connectivity index (χ4n) is 5.16. The van der Waals surface area contributed by atoms with Crippen molar-refractivity contribution in [2.24, 2.45) is 0 Å². The van der Waals surface area contributed by atoms with Gasteiger partial charge in [-0.25, -0.2) is 0 Å². The Bertz CT molecular complexity index is 1250. The number of carboxylic acid groups (broad SMARTS) is 1. The van der Waals surface area contributed by atoms with Crippen LogP contribution in [0.15, 0.2) is 48.5 Å². The minimum atomic E-state index is -0.819. The highest BCUT2D eigenvalue weighted by Gasteiger charge is 2.27. The number of aromatic hydroxyl groups is 1. The quantitative estimate of drug-likeness (QED) is 0.457. The molecule has 3 aromatic carbocycles. The predicted molar refractivity (Wildman–Crippen MR) is 137 cm³/mol. The number of fused-ring (bicyclic) bond motifs is 2. The van der Waals surface area contributed by atoms with Crippen molar-refractivity contribution in [3.05, 3.63) is 76.3 Å². The summed E-state index contributed by atoms with van der Waals surface area (Å²) in [6.07, 6.45) is 4.56. The van der Waals surface area contributed by atoms with Crippen molar-refractivity contribution >= 4 is 5.97 Å². The third kappa shape index (κ3) is 5.19. The Kier molecular flexibility index (Phi) is 7.14. The molecule has 36 heavy (non-hydrogen) atoms. The summed E-state index contributed by atoms with van der Waals surface area (Å²) >= 11 is 0. The Morgan fingerprint density at radius 1 is 1.06 bits per heavy atom. The van der Waals surface area contributed by atoms with E-state index in [0.29, 0.717) is 30.5 Å². The summed E-state index contributed by atoms with van der Waals surface area (Å²) < 4.78 is 16.6. The van der Waals surface area contributed by atoms with Crippen LogP contribution in [0, 0.1) is 6.92 Å². The van der Waals surface area contributed by atoms with Gasteiger partial charge in [0.05, 0.1) is 13.0 Å². The number of phenolic OH excluding ortho intramolecular Hbond substituents is 1. The van der Waals surface area contributed by atoms with Gasteiger partial charge in [-0.2, -0.15) is 0 Å². The summed E-state index contributed by atoms with van der Waals surface area (Å²) in [5, 5.41) is 19.2. The van der Waals surface area contributed by atoms with Gasteiger partial charge in [-0.05, 0) is 84.2 Å². The summed E-state index contributed by atoms with van der Waals surface area (Å²) in [6.45, 7) is 4.85. The molecule has 0 unspecified atom stereocenters. The van der Waals surface area contributed by atoms with E-state index in [1.54, 1.807) is 0 Å². The van der Waals surface area contributed by atoms with Crippen LogP contribution in [0.2, 0.25) is 0 Å². The second-order valence-corrected chi connectivity index (χ2v) is 9.66. The van der Waals surface area contributed by atoms with E-state index in [2.05, 4.69) is 12.1 Å². The Hall–Kier alpha value is -3.51. The number of hydrogen-bond acceptors (Lipinski definition) is 5. The third-order valence-corrected chi connectivity index (χ3v) is 7.08. The van der Waals surface area contributed by atoms with Crippen LogP contribution < -0.4 is 9.47 Å². The Morgan fingerprint density at radius 2 is 1.86 bits per heavy atom. The Balaban J connectivity index is 0.000000477. The summed E-state index contributed by atoms with van der Waals surface area (Å²) in [5.74, 6) is 0.887. The lowest BCUT2D eigenvalue weighted by atomic mass is 9.79. The molecule has 0 amide bonds. The van der Waals surface area contributed by atoms with Gasteiger partial charge in [0.1, 0.15) is 23.9 Å². The van der Waals surface area contributed by atoms with Crippen LogP contribution in [0.1, 0.15) is 53.0 Å². The van der Waals surface area contributed by atoms with Crippen LogP contribution in [0.25, 0.3) is 11.1 Å². The second-order valence-electron chi connectivity index (χ2n) is 9.66. The molecule has 0 aromatic heterocycles. The molecular formula is C30H32O6. The summed E-state index contributed by atoms with van der Waals surface area (Å²) in [5.41, 5.74) is 7.75. The molecule has 188 valence electrons. The standard InChI is InChI=1S/C26H24O5.C4H8O/c1-15-9-23(27)21-7-8-22(21)26(15)17-4-2-3-16(10-17)13-30-19-5-6-20-18(11-25(28)29)14-31-24(20)12-19;1-2-4-5-3-1/h2-6,9-10,12,18,27H,7-8,11,13-14H2,1H3,(H,28,29);1-4H2/t18-;/m1./s1. The first-order valence-corrected chi connectivity index (χ1v) is 12.6. The van der Waals surface area contributed by atoms with E-state index in [1.165, 1.54) is 24.0 Å². The SMILES string of the molecule is C1CCOC1.Cc1cc(O)c2c(c1-c1cccc(COc3ccc4c(c3)OC[C@H]4CC(=O)O)c1)CC2. The molecule has 1 aliphatic carbocycles. The normalized spacial score (nSPS) is 17.2. The van der Waals surface area contributed by atoms with Crippen molar-refractivity contribution in [2.75, 3.05) is 19.8 Å². The number of ether oxygens (including phenoxy) is 3. The molecule has 0 radical (unpaired) electrons. The highest BCUT2D eigenvalue weighted by molar-refractivity contribution is 5.76. The van der Waals surface area contributed by atoms with Gasteiger partial charge >= 0.3 is 5.97 Å². The van der Waals surface area contributed by atoms with Crippen molar-refractivity contribution in [3.8, 4) is 28.4 Å². The van der Waals surface area contributed by atoms with Crippen molar-refractivity contribution in [1.82, 2.24) is 0 Å². The molecule has 3 aromatic rings. The van der Waals surface area contributed by atoms with Gasteiger partial charge in [0.2, 0.25) is 0 Å². The molecule has 6 rings (SSSR count). The number of aryl methyl sites for hydroxylation is 1. The maximum atomic E-state index is 11.0. The number of aliphatic carboxylic acids is 1. The summed E-state index contributed by atoms with van der Waals surface area (Å²) in [6, 6.07) is 15.8. The molecular weight excluding hydrogens is 456 g/mol. The minimum absolute atomic E-state index is 0.0698. The summed E-state index contributed by atoms with van der Waals surface area (Å²) in [7, 11) is 0. The molecule has 1 atom stereocenters. The maximum Gasteiger partial charge on any atom is 0.304 e. The van der Waals surface area contributed by atoms with Crippen LogP contribution in [0.3, 0.4) is 0 Å². The van der Waals surface area contributed by atoms with Crippen LogP contribution in [-0.2, 0) is 29.0 Å². The second kappa shape index (κ2) is 10.6. The molecule has 2 aliphatic heterocycles. The van der Waals surface area contributed by atoms with E-state index >= 15 is 0 Å². The van der Waals surface area contributed by atoms with E-state index in [1.807, 2.05) is 43.3 Å². The lowest BCUT2D eigenvalue weighted by Crippen LogP contribution is -2.11. The fourth-order valence-corrected chi connectivity index (χ4v) is 5.16. The molecule has 6 heteroatoms. The number of hydrogen-bond donors (Lipinski definition) is 2. The average Bonchev–Trinajstić information content (AvgIpc) is 3.53. The van der Waals surface area contributed by atoms with Gasteiger partial charge < -0.3 is 24.4 Å². The number of benzene rings is 3. The number of phenols is 1. The molecule has 0 spiro atoms. The first kappa shape index (κ1) is 24.2. The van der Waals surface area contributed by atoms with E-state index in [9.17, 15) is 9.90 Å². The van der Waals surface area contributed by atoms with Crippen LogP contribution >= 0.6 is 0 Å². The highest BCUT2D eigenvalue weighted by Crippen LogP contribution is 2.42. The number of rotatable bonds is 6. The van der Waals surface area contributed by atoms with Crippen LogP contribution in [0.4, 0.5) is 0 Å². The molecule has 3 aliphatic rings. The van der Waals surface area contributed by atoms with Crippen LogP contribution in [0.5, 0.6) is 17.2 Å². The van der Waals surface area contributed by atoms with Crippen molar-refractivity contribution < 1.29 is 29.2 Å². The smallest absolute Gasteiger partial charge is 0.304 e. The molecule has 6 nitrogen and oxygen atoms in total. The van der Waals surface area contributed by atoms with Crippen molar-refractivity contribution in [2.45, 2.75) is 51.6 Å². The lowest BCUT2D eigenvalue weighted by Gasteiger charge is -2.26. The van der Waals surface area contributed by atoms with Gasteiger partial charge in [0.25, 0.3) is 0 Å². The number of carbonyl (C=O) groups is 1. The predicted octanol–water partition coefficient (Wildman–Crippen LogP) is 5.79. The molecule has 0 saturated carbocycles. The molecule has 2 N–H and O–H groups in total. The van der Waals surface area contributed by atoms with Gasteiger partial charge in [-0.3, -0.25) is 4.79 Å². The highest BCUT2D eigenvalue weighted by atomic mass is 16.5. The monoisotopic (exact) mass is 488 g/mol. The van der Waals surface area contributed by atoms with Gasteiger partial charge in [-0.1, -0.05) is 24.3 Å². The van der Waals surface area contributed by atoms with Crippen molar-refractivity contribution in [1.29, 1.82) is 0 Å². The zero-order chi connectivity index (χ0) is 25.1. The van der Waals surface area contributed by atoms with E-state index in [4.69, 9.17) is 19.3 Å². The van der Waals surface area contributed by atoms with Gasteiger partial charge in [-0.15, -0.1) is 0 Å². The molecule has 0 bridgehead atoms. The van der Waals surface area contributed by atoms with Gasteiger partial charge in [0, 0.05) is 30.8 Å². The van der Waals surface area contributed by atoms with Crippen molar-refractivity contribution in [3.63, 3.8) is 0 Å². The zero-order valence-corrected chi connectivity index (χ0v) is 20.6. The van der Waals surface area contributed by atoms with E-state index in [0.717, 1.165) is 53.9 Å². The third-order valence-electron chi connectivity index (χ3n) is 7.08. The zero-order valence-electron chi connectivity index (χ0n) is 20.6. The first-order chi connectivity index (χ1) is 17.5. The van der Waals surface area contributed by atoms with E-state index in [-0.39, 0.29) is 12.3 Å². The summed E-state index contributed by atoms with van der Waals surface area (Å²) in [4.78, 5) is 11.0. The number of carboxylic acids is 1. The Morgan fingerprint density at radius 3 is 2.56 bits per heavy atom. The average molecular weight is 489 g/mol. The minimum Gasteiger partial charge on any atom is -0.508 e. The lowest BCUT2D eigenvalue weighted by molar-refractivity contribution is -0.137. The molecule has 2 heterocycles. The van der Waals surface area contributed by atoms with Crippen LogP contribution in [-0.4, -0.2) is 36.0 Å². The first-order valence-electron chi connectivity index (χ1n) is 12.6.